The monoisotopic (exact) mass is 469 g/mol. The largest absolute Gasteiger partial charge is 0.436 e. The Bertz CT molecular complexity index is 1290. The summed E-state index contributed by atoms with van der Waals surface area (Å²) in [7, 11) is 0. The topological polar surface area (TPSA) is 108 Å². The normalized spacial score (nSPS) is 14.4. The Hall–Kier alpha value is -4.43. The fourth-order valence-corrected chi connectivity index (χ4v) is 4.33. The molecular formula is C27H23N3O5. The summed E-state index contributed by atoms with van der Waals surface area (Å²) in [6, 6.07) is 22.9. The first-order chi connectivity index (χ1) is 17.0. The molecule has 0 unspecified atom stereocenters. The number of hydrogen-bond acceptors (Lipinski definition) is 6. The van der Waals surface area contributed by atoms with Crippen LogP contribution in [0.15, 0.2) is 84.6 Å². The summed E-state index contributed by atoms with van der Waals surface area (Å²) < 4.78 is 5.79. The molecule has 5 rings (SSSR count). The van der Waals surface area contributed by atoms with Gasteiger partial charge in [0, 0.05) is 29.4 Å². The zero-order valence-corrected chi connectivity index (χ0v) is 18.7. The van der Waals surface area contributed by atoms with Crippen molar-refractivity contribution in [1.29, 1.82) is 0 Å². The maximum absolute atomic E-state index is 12.6. The second-order valence-corrected chi connectivity index (χ2v) is 8.21. The van der Waals surface area contributed by atoms with E-state index in [0.29, 0.717) is 5.69 Å². The first-order valence-corrected chi connectivity index (χ1v) is 11.2. The molecule has 8 heteroatoms. The fraction of sp³-hybridized carbons (Fsp3) is 0.148. The van der Waals surface area contributed by atoms with Crippen molar-refractivity contribution >= 4 is 23.6 Å². The number of rotatable bonds is 7. The van der Waals surface area contributed by atoms with E-state index in [9.17, 15) is 14.4 Å². The Morgan fingerprint density at radius 3 is 2.17 bits per heavy atom. The van der Waals surface area contributed by atoms with Gasteiger partial charge in [-0.25, -0.2) is 4.79 Å². The molecule has 0 atom stereocenters. The van der Waals surface area contributed by atoms with E-state index in [0.717, 1.165) is 32.7 Å². The predicted molar refractivity (Wildman–Crippen MR) is 129 cm³/mol. The molecule has 3 N–H and O–H groups in total. The molecule has 3 aromatic carbocycles. The van der Waals surface area contributed by atoms with E-state index in [1.165, 1.54) is 6.08 Å². The molecular weight excluding hydrogens is 446 g/mol. The summed E-state index contributed by atoms with van der Waals surface area (Å²) in [5.41, 5.74) is 5.67. The Morgan fingerprint density at radius 2 is 1.54 bits per heavy atom. The minimum Gasteiger partial charge on any atom is -0.436 e. The van der Waals surface area contributed by atoms with Crippen molar-refractivity contribution in [2.75, 3.05) is 18.5 Å². The first kappa shape index (κ1) is 22.4. The van der Waals surface area contributed by atoms with Crippen molar-refractivity contribution in [1.82, 2.24) is 10.2 Å². The molecule has 35 heavy (non-hydrogen) atoms. The third kappa shape index (κ3) is 4.39. The summed E-state index contributed by atoms with van der Waals surface area (Å²) in [5.74, 6) is -0.939. The van der Waals surface area contributed by atoms with Crippen LogP contribution in [0.1, 0.15) is 22.8 Å². The number of benzene rings is 3. The lowest BCUT2D eigenvalue weighted by molar-refractivity contribution is -0.137. The van der Waals surface area contributed by atoms with E-state index >= 15 is 0 Å². The molecule has 0 spiro atoms. The van der Waals surface area contributed by atoms with Crippen molar-refractivity contribution in [3.8, 4) is 11.1 Å². The quantitative estimate of drug-likeness (QED) is 0.458. The molecule has 0 aromatic heterocycles. The lowest BCUT2D eigenvalue weighted by atomic mass is 10.1. The molecule has 3 aromatic rings. The second-order valence-electron chi connectivity index (χ2n) is 8.21. The van der Waals surface area contributed by atoms with Crippen LogP contribution in [-0.2, 0) is 20.9 Å². The van der Waals surface area contributed by atoms with Crippen LogP contribution in [0.4, 0.5) is 10.5 Å². The summed E-state index contributed by atoms with van der Waals surface area (Å²) >= 11 is 0. The number of aliphatic hydroxyl groups is 1. The van der Waals surface area contributed by atoms with Gasteiger partial charge < -0.3 is 20.5 Å². The molecule has 8 nitrogen and oxygen atoms in total. The standard InChI is InChI=1S/C27H23N3O5/c31-14-13-30-24(32)15-23(26(30)33)29-18-11-9-17(10-12-18)16-28-27(34)35-25-21-7-3-1-5-19(21)20-6-2-4-8-22(20)25/h1-12,15,25,29,31H,13-14,16H2,(H,28,34). The van der Waals surface area contributed by atoms with Gasteiger partial charge in [-0.3, -0.25) is 14.5 Å². The fourth-order valence-electron chi connectivity index (χ4n) is 4.33. The minimum atomic E-state index is -0.520. The van der Waals surface area contributed by atoms with Gasteiger partial charge in [0.2, 0.25) is 0 Å². The van der Waals surface area contributed by atoms with Crippen LogP contribution in [0.25, 0.3) is 11.1 Å². The van der Waals surface area contributed by atoms with Gasteiger partial charge in [-0.05, 0) is 28.8 Å². The molecule has 2 aliphatic rings. The predicted octanol–water partition coefficient (Wildman–Crippen LogP) is 3.34. The number of ether oxygens (including phenoxy) is 1. The molecule has 0 bridgehead atoms. The molecule has 176 valence electrons. The molecule has 1 aliphatic heterocycles. The third-order valence-electron chi connectivity index (χ3n) is 6.00. The van der Waals surface area contributed by atoms with E-state index in [2.05, 4.69) is 10.6 Å². The summed E-state index contributed by atoms with van der Waals surface area (Å²) in [5, 5.41) is 14.7. The molecule has 0 radical (unpaired) electrons. The minimum absolute atomic E-state index is 0.0436. The molecule has 0 saturated carbocycles. The van der Waals surface area contributed by atoms with E-state index in [1.54, 1.807) is 24.3 Å². The maximum atomic E-state index is 12.6. The van der Waals surface area contributed by atoms with Crippen molar-refractivity contribution in [2.24, 2.45) is 0 Å². The van der Waals surface area contributed by atoms with Crippen molar-refractivity contribution in [3.63, 3.8) is 0 Å². The number of β-amino-alcohol motifs (C(OH)–C–C–N with tert-alkyl or cyclic N) is 1. The first-order valence-electron chi connectivity index (χ1n) is 11.2. The number of carbonyl (C=O) groups excluding carboxylic acids is 3. The summed E-state index contributed by atoms with van der Waals surface area (Å²) in [6.07, 6.45) is 0.232. The highest BCUT2D eigenvalue weighted by molar-refractivity contribution is 6.17. The zero-order chi connectivity index (χ0) is 24.4. The van der Waals surface area contributed by atoms with Gasteiger partial charge >= 0.3 is 6.09 Å². The number of aliphatic hydroxyl groups excluding tert-OH is 1. The molecule has 1 heterocycles. The number of hydrogen-bond donors (Lipinski definition) is 3. The van der Waals surface area contributed by atoms with Crippen LogP contribution in [-0.4, -0.2) is 41.1 Å². The Balaban J connectivity index is 1.18. The Kier molecular flexibility index (Phi) is 6.03. The number of alkyl carbamates (subject to hydrolysis) is 1. The number of anilines is 1. The van der Waals surface area contributed by atoms with Gasteiger partial charge in [-0.2, -0.15) is 0 Å². The van der Waals surface area contributed by atoms with Gasteiger partial charge in [0.15, 0.2) is 6.10 Å². The van der Waals surface area contributed by atoms with Crippen LogP contribution in [0, 0.1) is 0 Å². The van der Waals surface area contributed by atoms with Gasteiger partial charge in [0.1, 0.15) is 5.70 Å². The van der Waals surface area contributed by atoms with Crippen molar-refractivity contribution in [3.05, 3.63) is 101 Å². The summed E-state index contributed by atoms with van der Waals surface area (Å²) in [4.78, 5) is 37.7. The molecule has 0 saturated heterocycles. The van der Waals surface area contributed by atoms with Gasteiger partial charge in [-0.1, -0.05) is 60.7 Å². The van der Waals surface area contributed by atoms with E-state index in [4.69, 9.17) is 9.84 Å². The van der Waals surface area contributed by atoms with Crippen LogP contribution >= 0.6 is 0 Å². The zero-order valence-electron chi connectivity index (χ0n) is 18.7. The number of amides is 3. The molecule has 1 aliphatic carbocycles. The van der Waals surface area contributed by atoms with E-state index in [-0.39, 0.29) is 25.4 Å². The number of fused-ring (bicyclic) bond motifs is 3. The van der Waals surface area contributed by atoms with Crippen molar-refractivity contribution in [2.45, 2.75) is 12.6 Å². The van der Waals surface area contributed by atoms with Gasteiger partial charge in [0.05, 0.1) is 13.2 Å². The van der Waals surface area contributed by atoms with Gasteiger partial charge in [0.25, 0.3) is 11.8 Å². The van der Waals surface area contributed by atoms with Crippen LogP contribution in [0.3, 0.4) is 0 Å². The maximum Gasteiger partial charge on any atom is 0.408 e. The number of nitrogens with one attached hydrogen (secondary N) is 2. The van der Waals surface area contributed by atoms with Gasteiger partial charge in [-0.15, -0.1) is 0 Å². The number of nitrogens with zero attached hydrogens (tertiary/aromatic N) is 1. The lowest BCUT2D eigenvalue weighted by Gasteiger charge is -2.16. The van der Waals surface area contributed by atoms with Crippen molar-refractivity contribution < 1.29 is 24.2 Å². The second kappa shape index (κ2) is 9.44. The third-order valence-corrected chi connectivity index (χ3v) is 6.00. The average molecular weight is 469 g/mol. The average Bonchev–Trinajstić information content (AvgIpc) is 3.33. The SMILES string of the molecule is O=C(NCc1ccc(NC2=CC(=O)N(CCO)C2=O)cc1)OC1c2ccccc2-c2ccccc21. The smallest absolute Gasteiger partial charge is 0.408 e. The highest BCUT2D eigenvalue weighted by atomic mass is 16.6. The van der Waals surface area contributed by atoms with Crippen LogP contribution < -0.4 is 10.6 Å². The highest BCUT2D eigenvalue weighted by Gasteiger charge is 2.31. The Morgan fingerprint density at radius 1 is 0.914 bits per heavy atom. The van der Waals surface area contributed by atoms with E-state index in [1.807, 2.05) is 48.5 Å². The van der Waals surface area contributed by atoms with E-state index < -0.39 is 24.0 Å². The van der Waals surface area contributed by atoms with Crippen LogP contribution in [0.2, 0.25) is 0 Å². The highest BCUT2D eigenvalue weighted by Crippen LogP contribution is 2.45. The summed E-state index contributed by atoms with van der Waals surface area (Å²) in [6.45, 7) is -0.0693. The molecule has 0 fully saturated rings. The number of imide groups is 1. The number of carbonyl (C=O) groups is 3. The molecule has 3 amide bonds. The Labute approximate surface area is 201 Å². The van der Waals surface area contributed by atoms with Crippen LogP contribution in [0.5, 0.6) is 0 Å². The lowest BCUT2D eigenvalue weighted by Crippen LogP contribution is -2.34.